The number of rotatable bonds is 37. The lowest BCUT2D eigenvalue weighted by atomic mass is 10.0. The van der Waals surface area contributed by atoms with Gasteiger partial charge in [-0.1, -0.05) is 154 Å². The summed E-state index contributed by atoms with van der Waals surface area (Å²) in [6.45, 7) is 4.59. The van der Waals surface area contributed by atoms with E-state index in [0.717, 1.165) is 32.1 Å². The van der Waals surface area contributed by atoms with Crippen molar-refractivity contribution in [3.8, 4) is 0 Å². The number of carboxylic acids is 1. The van der Waals surface area contributed by atoms with Gasteiger partial charge in [0, 0.05) is 19.3 Å². The van der Waals surface area contributed by atoms with E-state index in [1.165, 1.54) is 109 Å². The molecule has 0 saturated heterocycles. The van der Waals surface area contributed by atoms with Crippen LogP contribution in [-0.4, -0.2) is 75.5 Å². The first-order valence-electron chi connectivity index (χ1n) is 20.9. The molecule has 0 aliphatic rings. The molecule has 0 saturated carbocycles. The summed E-state index contributed by atoms with van der Waals surface area (Å²) < 4.78 is 17.1. The Hall–Kier alpha value is -2.19. The summed E-state index contributed by atoms with van der Waals surface area (Å²) in [5.74, 6) is -1.81. The van der Waals surface area contributed by atoms with Crippen LogP contribution in [0.15, 0.2) is 24.3 Å². The molecule has 0 aromatic carbocycles. The van der Waals surface area contributed by atoms with Gasteiger partial charge in [0.15, 0.2) is 6.10 Å². The van der Waals surface area contributed by atoms with E-state index in [0.29, 0.717) is 12.8 Å². The molecule has 2 atom stereocenters. The monoisotopic (exact) mass is 722 g/mol. The summed E-state index contributed by atoms with van der Waals surface area (Å²) in [5, 5.41) is 11.6. The van der Waals surface area contributed by atoms with Crippen molar-refractivity contribution in [1.82, 2.24) is 0 Å². The molecular weight excluding hydrogens is 642 g/mol. The van der Waals surface area contributed by atoms with Gasteiger partial charge in [-0.25, -0.2) is 0 Å². The summed E-state index contributed by atoms with van der Waals surface area (Å²) in [7, 11) is 5.39. The van der Waals surface area contributed by atoms with Crippen LogP contribution in [-0.2, 0) is 28.6 Å². The van der Waals surface area contributed by atoms with Crippen molar-refractivity contribution in [3.05, 3.63) is 24.3 Å². The van der Waals surface area contributed by atoms with Crippen LogP contribution in [0.5, 0.6) is 0 Å². The molecule has 8 heteroatoms. The van der Waals surface area contributed by atoms with E-state index in [4.69, 9.17) is 14.2 Å². The predicted octanol–water partition coefficient (Wildman–Crippen LogP) is 9.58. The average molecular weight is 722 g/mol. The number of quaternary nitrogens is 1. The van der Waals surface area contributed by atoms with E-state index in [2.05, 4.69) is 32.1 Å². The number of unbranched alkanes of at least 4 members (excludes halogenated alkanes) is 19. The zero-order valence-corrected chi connectivity index (χ0v) is 33.8. The number of carboxylic acid groups (broad SMARTS) is 1. The topological polar surface area (TPSA) is 102 Å². The SMILES string of the molecule is CCCCCCCC/C=C/C/C=C/CCC(=O)OCC(COCCC(C(=O)[O-])[N+](C)(C)C)OC(=O)CCCCCCCCCCCCCCCC. The molecule has 0 radical (unpaired) electrons. The van der Waals surface area contributed by atoms with Crippen LogP contribution >= 0.6 is 0 Å². The maximum absolute atomic E-state index is 12.7. The highest BCUT2D eigenvalue weighted by Crippen LogP contribution is 2.14. The van der Waals surface area contributed by atoms with Gasteiger partial charge in [0.25, 0.3) is 0 Å². The Morgan fingerprint density at radius 1 is 0.588 bits per heavy atom. The summed E-state index contributed by atoms with van der Waals surface area (Å²) >= 11 is 0. The largest absolute Gasteiger partial charge is 0.544 e. The quantitative estimate of drug-likeness (QED) is 0.0273. The van der Waals surface area contributed by atoms with Crippen molar-refractivity contribution < 1.29 is 38.2 Å². The number of ether oxygens (including phenoxy) is 3. The van der Waals surface area contributed by atoms with Gasteiger partial charge in [-0.3, -0.25) is 9.59 Å². The second kappa shape index (κ2) is 34.9. The molecule has 0 aromatic rings. The third-order valence-electron chi connectivity index (χ3n) is 9.35. The summed E-state index contributed by atoms with van der Waals surface area (Å²) in [6, 6.07) is -0.729. The molecule has 0 aromatic heterocycles. The molecule has 51 heavy (non-hydrogen) atoms. The van der Waals surface area contributed by atoms with E-state index in [9.17, 15) is 19.5 Å². The molecule has 0 heterocycles. The van der Waals surface area contributed by atoms with E-state index in [1.54, 1.807) is 21.1 Å². The molecular formula is C43H79NO7. The molecule has 0 spiro atoms. The van der Waals surface area contributed by atoms with Gasteiger partial charge in [-0.15, -0.1) is 0 Å². The second-order valence-corrected chi connectivity index (χ2v) is 15.2. The normalized spacial score (nSPS) is 13.2. The second-order valence-electron chi connectivity index (χ2n) is 15.2. The number of hydrogen-bond donors (Lipinski definition) is 0. The number of carbonyl (C=O) groups is 3. The van der Waals surface area contributed by atoms with Gasteiger partial charge in [-0.05, 0) is 32.1 Å². The number of hydrogen-bond acceptors (Lipinski definition) is 7. The van der Waals surface area contributed by atoms with Crippen molar-refractivity contribution in [3.63, 3.8) is 0 Å². The van der Waals surface area contributed by atoms with Crippen LogP contribution in [0.4, 0.5) is 0 Å². The third kappa shape index (κ3) is 33.4. The minimum atomic E-state index is -1.13. The number of aliphatic carboxylic acids is 1. The lowest BCUT2D eigenvalue weighted by Gasteiger charge is -2.34. The average Bonchev–Trinajstić information content (AvgIpc) is 3.08. The maximum atomic E-state index is 12.7. The molecule has 0 amide bonds. The number of likely N-dealkylation sites (N-methyl/N-ethyl adjacent to an activating group) is 1. The van der Waals surface area contributed by atoms with Gasteiger partial charge in [0.05, 0.1) is 40.3 Å². The fraction of sp³-hybridized carbons (Fsp3) is 0.837. The lowest BCUT2D eigenvalue weighted by molar-refractivity contribution is -0.889. The first-order chi connectivity index (χ1) is 24.6. The van der Waals surface area contributed by atoms with Crippen LogP contribution < -0.4 is 5.11 Å². The molecule has 8 nitrogen and oxygen atoms in total. The zero-order chi connectivity index (χ0) is 37.8. The molecule has 0 rings (SSSR count). The summed E-state index contributed by atoms with van der Waals surface area (Å²) in [4.78, 5) is 36.7. The maximum Gasteiger partial charge on any atom is 0.306 e. The Morgan fingerprint density at radius 3 is 1.59 bits per heavy atom. The molecule has 2 unspecified atom stereocenters. The fourth-order valence-corrected chi connectivity index (χ4v) is 6.06. The summed E-state index contributed by atoms with van der Waals surface area (Å²) in [5.41, 5.74) is 0. The van der Waals surface area contributed by atoms with Crippen molar-refractivity contribution >= 4 is 17.9 Å². The fourth-order valence-electron chi connectivity index (χ4n) is 6.06. The van der Waals surface area contributed by atoms with Crippen molar-refractivity contribution in [2.45, 2.75) is 193 Å². The molecule has 0 N–H and O–H groups in total. The number of allylic oxidation sites excluding steroid dienone is 4. The standard InChI is InChI=1S/C43H79NO7/c1-6-8-10-12-14-16-18-20-22-24-26-28-30-32-34-42(46)51-39(37-49-36-35-40(43(47)48)44(3,4)5)38-50-41(45)33-31-29-27-25-23-21-19-17-15-13-11-9-7-2/h21,23,27,29,39-40H,6-20,22,24-26,28,30-38H2,1-5H3/b23-21+,29-27+. The van der Waals surface area contributed by atoms with Gasteiger partial charge in [-0.2, -0.15) is 0 Å². The third-order valence-corrected chi connectivity index (χ3v) is 9.35. The summed E-state index contributed by atoms with van der Waals surface area (Å²) in [6.07, 6.45) is 36.4. The van der Waals surface area contributed by atoms with Crippen LogP contribution in [0.1, 0.15) is 181 Å². The smallest absolute Gasteiger partial charge is 0.306 e. The van der Waals surface area contributed by atoms with Crippen molar-refractivity contribution in [2.75, 3.05) is 41.0 Å². The molecule has 298 valence electrons. The highest BCUT2D eigenvalue weighted by molar-refractivity contribution is 5.70. The van der Waals surface area contributed by atoms with Crippen molar-refractivity contribution in [1.29, 1.82) is 0 Å². The Balaban J connectivity index is 4.44. The van der Waals surface area contributed by atoms with E-state index < -0.39 is 18.1 Å². The van der Waals surface area contributed by atoms with Gasteiger partial charge in [0.1, 0.15) is 12.6 Å². The van der Waals surface area contributed by atoms with E-state index >= 15 is 0 Å². The number of nitrogens with zero attached hydrogens (tertiary/aromatic N) is 1. The molecule has 0 aliphatic carbocycles. The van der Waals surface area contributed by atoms with Crippen LogP contribution in [0, 0.1) is 0 Å². The van der Waals surface area contributed by atoms with Gasteiger partial charge in [0.2, 0.25) is 0 Å². The van der Waals surface area contributed by atoms with Crippen LogP contribution in [0.3, 0.4) is 0 Å². The van der Waals surface area contributed by atoms with Gasteiger partial charge >= 0.3 is 11.9 Å². The minimum Gasteiger partial charge on any atom is -0.544 e. The molecule has 0 fully saturated rings. The highest BCUT2D eigenvalue weighted by Gasteiger charge is 2.25. The Bertz CT molecular complexity index is 895. The van der Waals surface area contributed by atoms with Crippen molar-refractivity contribution in [2.24, 2.45) is 0 Å². The van der Waals surface area contributed by atoms with Crippen LogP contribution in [0.25, 0.3) is 0 Å². The Labute approximate surface area is 313 Å². The lowest BCUT2D eigenvalue weighted by Crippen LogP contribution is -2.55. The Kier molecular flexibility index (Phi) is 33.4. The first kappa shape index (κ1) is 48.8. The molecule has 0 bridgehead atoms. The highest BCUT2D eigenvalue weighted by atomic mass is 16.6. The number of carbonyl (C=O) groups excluding carboxylic acids is 3. The number of esters is 2. The van der Waals surface area contributed by atoms with Gasteiger partial charge < -0.3 is 28.6 Å². The van der Waals surface area contributed by atoms with E-state index in [-0.39, 0.29) is 49.1 Å². The predicted molar refractivity (Wildman–Crippen MR) is 208 cm³/mol. The van der Waals surface area contributed by atoms with Crippen LogP contribution in [0.2, 0.25) is 0 Å². The van der Waals surface area contributed by atoms with E-state index in [1.807, 2.05) is 6.08 Å². The minimum absolute atomic E-state index is 0.0274. The first-order valence-corrected chi connectivity index (χ1v) is 20.9. The molecule has 0 aliphatic heterocycles. The Morgan fingerprint density at radius 2 is 1.08 bits per heavy atom. The zero-order valence-electron chi connectivity index (χ0n) is 33.8.